The van der Waals surface area contributed by atoms with Gasteiger partial charge in [0, 0.05) is 6.54 Å². The smallest absolute Gasteiger partial charge is 0.237 e. The third kappa shape index (κ3) is 2.33. The molecule has 0 aromatic carbocycles. The topological polar surface area (TPSA) is 41.1 Å². The zero-order valence-corrected chi connectivity index (χ0v) is 9.64. The fraction of sp³-hybridized carbons (Fsp3) is 0.917. The summed E-state index contributed by atoms with van der Waals surface area (Å²) >= 11 is 0. The Morgan fingerprint density at radius 1 is 1.47 bits per heavy atom. The van der Waals surface area contributed by atoms with Gasteiger partial charge in [-0.1, -0.05) is 13.3 Å². The van der Waals surface area contributed by atoms with Crippen molar-refractivity contribution >= 4 is 5.91 Å². The van der Waals surface area contributed by atoms with Crippen molar-refractivity contribution in [3.05, 3.63) is 0 Å². The standard InChI is InChI=1S/C12H22N2O/c1-2-12(6-4-7-12)9-14-11(15)10-5-3-8-13-10/h10,13H,2-9H2,1H3,(H,14,15)/t10-/m1/s1. The van der Waals surface area contributed by atoms with Crippen LogP contribution < -0.4 is 10.6 Å². The van der Waals surface area contributed by atoms with E-state index in [2.05, 4.69) is 17.6 Å². The van der Waals surface area contributed by atoms with Gasteiger partial charge in [0.1, 0.15) is 0 Å². The molecule has 15 heavy (non-hydrogen) atoms. The lowest BCUT2D eigenvalue weighted by Gasteiger charge is -2.41. The highest BCUT2D eigenvalue weighted by Crippen LogP contribution is 2.43. The molecule has 0 radical (unpaired) electrons. The van der Waals surface area contributed by atoms with Crippen molar-refractivity contribution in [2.24, 2.45) is 5.41 Å². The summed E-state index contributed by atoms with van der Waals surface area (Å²) < 4.78 is 0. The minimum absolute atomic E-state index is 0.0824. The third-order valence-electron chi connectivity index (χ3n) is 4.18. The Balaban J connectivity index is 1.74. The summed E-state index contributed by atoms with van der Waals surface area (Å²) in [5.41, 5.74) is 0.439. The Labute approximate surface area is 92.0 Å². The fourth-order valence-electron chi connectivity index (χ4n) is 2.64. The van der Waals surface area contributed by atoms with Gasteiger partial charge in [0.15, 0.2) is 0 Å². The van der Waals surface area contributed by atoms with Crippen LogP contribution in [0.15, 0.2) is 0 Å². The maximum atomic E-state index is 11.8. The molecule has 0 aromatic rings. The van der Waals surface area contributed by atoms with Gasteiger partial charge in [0.05, 0.1) is 6.04 Å². The minimum Gasteiger partial charge on any atom is -0.354 e. The van der Waals surface area contributed by atoms with Crippen LogP contribution in [0.5, 0.6) is 0 Å². The van der Waals surface area contributed by atoms with Gasteiger partial charge in [-0.05, 0) is 44.1 Å². The van der Waals surface area contributed by atoms with E-state index in [1.807, 2.05) is 0 Å². The van der Waals surface area contributed by atoms with Crippen LogP contribution in [0.3, 0.4) is 0 Å². The van der Waals surface area contributed by atoms with Crippen LogP contribution in [0.2, 0.25) is 0 Å². The Bertz CT molecular complexity index is 224. The van der Waals surface area contributed by atoms with E-state index in [1.54, 1.807) is 0 Å². The minimum atomic E-state index is 0.0824. The Morgan fingerprint density at radius 3 is 2.73 bits per heavy atom. The van der Waals surface area contributed by atoms with E-state index >= 15 is 0 Å². The van der Waals surface area contributed by atoms with Crippen molar-refractivity contribution in [1.29, 1.82) is 0 Å². The lowest BCUT2D eigenvalue weighted by atomic mass is 9.67. The molecule has 0 unspecified atom stereocenters. The van der Waals surface area contributed by atoms with E-state index in [0.29, 0.717) is 5.41 Å². The average Bonchev–Trinajstić information content (AvgIpc) is 2.69. The molecule has 3 nitrogen and oxygen atoms in total. The van der Waals surface area contributed by atoms with Crippen LogP contribution >= 0.6 is 0 Å². The van der Waals surface area contributed by atoms with E-state index in [1.165, 1.54) is 25.7 Å². The first kappa shape index (κ1) is 10.9. The van der Waals surface area contributed by atoms with E-state index in [0.717, 1.165) is 25.9 Å². The van der Waals surface area contributed by atoms with Crippen molar-refractivity contribution < 1.29 is 4.79 Å². The lowest BCUT2D eigenvalue weighted by molar-refractivity contribution is -0.123. The van der Waals surface area contributed by atoms with Crippen molar-refractivity contribution in [3.8, 4) is 0 Å². The van der Waals surface area contributed by atoms with Gasteiger partial charge in [0.25, 0.3) is 0 Å². The molecule has 1 saturated carbocycles. The summed E-state index contributed by atoms with van der Waals surface area (Å²) in [5, 5.41) is 6.35. The van der Waals surface area contributed by atoms with Crippen LogP contribution in [0.25, 0.3) is 0 Å². The highest BCUT2D eigenvalue weighted by molar-refractivity contribution is 5.82. The van der Waals surface area contributed by atoms with Crippen LogP contribution in [0, 0.1) is 5.41 Å². The molecule has 1 amide bonds. The summed E-state index contributed by atoms with van der Waals surface area (Å²) in [6.07, 6.45) is 7.27. The molecule has 1 atom stereocenters. The molecular weight excluding hydrogens is 188 g/mol. The quantitative estimate of drug-likeness (QED) is 0.737. The van der Waals surface area contributed by atoms with E-state index in [4.69, 9.17) is 0 Å². The summed E-state index contributed by atoms with van der Waals surface area (Å²) in [7, 11) is 0. The predicted octanol–water partition coefficient (Wildman–Crippen LogP) is 1.43. The van der Waals surface area contributed by atoms with Crippen LogP contribution in [-0.4, -0.2) is 25.0 Å². The largest absolute Gasteiger partial charge is 0.354 e. The van der Waals surface area contributed by atoms with Crippen molar-refractivity contribution in [1.82, 2.24) is 10.6 Å². The molecule has 1 aliphatic heterocycles. The van der Waals surface area contributed by atoms with Gasteiger partial charge >= 0.3 is 0 Å². The maximum absolute atomic E-state index is 11.8. The maximum Gasteiger partial charge on any atom is 0.237 e. The Hall–Kier alpha value is -0.570. The highest BCUT2D eigenvalue weighted by atomic mass is 16.2. The Kier molecular flexibility index (Phi) is 3.29. The molecule has 0 spiro atoms. The summed E-state index contributed by atoms with van der Waals surface area (Å²) in [6, 6.07) is 0.0824. The highest BCUT2D eigenvalue weighted by Gasteiger charge is 2.35. The molecule has 2 N–H and O–H groups in total. The normalized spacial score (nSPS) is 28.5. The van der Waals surface area contributed by atoms with Crippen molar-refractivity contribution in [2.75, 3.05) is 13.1 Å². The zero-order valence-electron chi connectivity index (χ0n) is 9.64. The van der Waals surface area contributed by atoms with Gasteiger partial charge in [0.2, 0.25) is 5.91 Å². The summed E-state index contributed by atoms with van der Waals surface area (Å²) in [6.45, 7) is 4.12. The van der Waals surface area contributed by atoms with Crippen LogP contribution in [0.4, 0.5) is 0 Å². The van der Waals surface area contributed by atoms with E-state index in [-0.39, 0.29) is 11.9 Å². The molecule has 1 heterocycles. The number of rotatable bonds is 4. The third-order valence-corrected chi connectivity index (χ3v) is 4.18. The molecule has 1 saturated heterocycles. The van der Waals surface area contributed by atoms with Crippen molar-refractivity contribution in [3.63, 3.8) is 0 Å². The molecule has 0 bridgehead atoms. The molecule has 2 rings (SSSR count). The second kappa shape index (κ2) is 4.52. The molecule has 2 aliphatic rings. The van der Waals surface area contributed by atoms with Gasteiger partial charge in [-0.25, -0.2) is 0 Å². The van der Waals surface area contributed by atoms with Crippen LogP contribution in [0.1, 0.15) is 45.4 Å². The van der Waals surface area contributed by atoms with Crippen LogP contribution in [-0.2, 0) is 4.79 Å². The molecule has 0 aromatic heterocycles. The average molecular weight is 210 g/mol. The number of hydrogen-bond donors (Lipinski definition) is 2. The van der Waals surface area contributed by atoms with Gasteiger partial charge in [-0.2, -0.15) is 0 Å². The second-order valence-corrected chi connectivity index (χ2v) is 5.07. The Morgan fingerprint density at radius 2 is 2.27 bits per heavy atom. The number of carbonyl (C=O) groups is 1. The first-order valence-corrected chi connectivity index (χ1v) is 6.27. The van der Waals surface area contributed by atoms with E-state index < -0.39 is 0 Å². The summed E-state index contributed by atoms with van der Waals surface area (Å²) in [5.74, 6) is 0.215. The van der Waals surface area contributed by atoms with Gasteiger partial charge in [-0.15, -0.1) is 0 Å². The van der Waals surface area contributed by atoms with Gasteiger partial charge in [-0.3, -0.25) is 4.79 Å². The zero-order chi connectivity index (χ0) is 10.7. The lowest BCUT2D eigenvalue weighted by Crippen LogP contribution is -2.47. The number of nitrogens with one attached hydrogen (secondary N) is 2. The molecule has 2 fully saturated rings. The molecule has 1 aliphatic carbocycles. The first-order valence-electron chi connectivity index (χ1n) is 6.27. The SMILES string of the molecule is CCC1(CNC(=O)[C@H]2CCCN2)CCC1. The molecular formula is C12H22N2O. The molecule has 86 valence electrons. The monoisotopic (exact) mass is 210 g/mol. The predicted molar refractivity (Wildman–Crippen MR) is 60.6 cm³/mol. The summed E-state index contributed by atoms with van der Waals surface area (Å²) in [4.78, 5) is 11.8. The number of amides is 1. The number of carbonyl (C=O) groups excluding carboxylic acids is 1. The van der Waals surface area contributed by atoms with E-state index in [9.17, 15) is 4.79 Å². The first-order chi connectivity index (χ1) is 7.26. The van der Waals surface area contributed by atoms with Gasteiger partial charge < -0.3 is 10.6 Å². The number of hydrogen-bond acceptors (Lipinski definition) is 2. The second-order valence-electron chi connectivity index (χ2n) is 5.07. The fourth-order valence-corrected chi connectivity index (χ4v) is 2.64. The van der Waals surface area contributed by atoms with Crippen molar-refractivity contribution in [2.45, 2.75) is 51.5 Å². The molecule has 3 heteroatoms.